The highest BCUT2D eigenvalue weighted by atomic mass is 32.2. The highest BCUT2D eigenvalue weighted by Gasteiger charge is 2.22. The summed E-state index contributed by atoms with van der Waals surface area (Å²) < 4.78 is 0. The highest BCUT2D eigenvalue weighted by Crippen LogP contribution is 2.29. The minimum Gasteiger partial charge on any atom is -0.392 e. The quantitative estimate of drug-likeness (QED) is 0.720. The van der Waals surface area contributed by atoms with E-state index in [1.54, 1.807) is 0 Å². The Morgan fingerprint density at radius 3 is 2.69 bits per heavy atom. The van der Waals surface area contributed by atoms with Crippen LogP contribution in [0.3, 0.4) is 0 Å². The first-order valence-electron chi connectivity index (χ1n) is 5.13. The number of rotatable bonds is 5. The molecule has 0 aromatic heterocycles. The van der Waals surface area contributed by atoms with E-state index in [0.717, 1.165) is 6.42 Å². The van der Waals surface area contributed by atoms with Gasteiger partial charge in [0.2, 0.25) is 0 Å². The van der Waals surface area contributed by atoms with Gasteiger partial charge in [-0.15, -0.1) is 0 Å². The van der Waals surface area contributed by atoms with Crippen LogP contribution >= 0.6 is 23.5 Å². The summed E-state index contributed by atoms with van der Waals surface area (Å²) in [5, 5.41) is 10.2. The lowest BCUT2D eigenvalue weighted by atomic mass is 9.97. The number of hydrogen-bond donors (Lipinski definition) is 1. The average molecular weight is 220 g/mol. The third-order valence-electron chi connectivity index (χ3n) is 2.49. The maximum atomic E-state index is 9.70. The maximum absolute atomic E-state index is 9.70. The molecule has 2 unspecified atom stereocenters. The molecule has 1 N–H and O–H groups in total. The largest absolute Gasteiger partial charge is 0.392 e. The Labute approximate surface area is 90.1 Å². The van der Waals surface area contributed by atoms with Crippen LogP contribution in [0.4, 0.5) is 0 Å². The summed E-state index contributed by atoms with van der Waals surface area (Å²) in [6.45, 7) is 0. The van der Waals surface area contributed by atoms with Gasteiger partial charge in [-0.2, -0.15) is 23.5 Å². The molecule has 0 spiro atoms. The standard InChI is InChI=1S/C10H20OS2/c1-12-7-4-8-13-10-6-3-2-5-9(10)11/h9-11H,2-8H2,1H3. The van der Waals surface area contributed by atoms with E-state index in [2.05, 4.69) is 6.26 Å². The van der Waals surface area contributed by atoms with Gasteiger partial charge in [-0.25, -0.2) is 0 Å². The fourth-order valence-corrected chi connectivity index (χ4v) is 3.63. The van der Waals surface area contributed by atoms with E-state index in [4.69, 9.17) is 0 Å². The molecular formula is C10H20OS2. The van der Waals surface area contributed by atoms with E-state index in [9.17, 15) is 5.11 Å². The summed E-state index contributed by atoms with van der Waals surface area (Å²) in [5.41, 5.74) is 0. The lowest BCUT2D eigenvalue weighted by molar-refractivity contribution is 0.137. The molecule has 1 aliphatic rings. The van der Waals surface area contributed by atoms with E-state index in [1.807, 2.05) is 23.5 Å². The summed E-state index contributed by atoms with van der Waals surface area (Å²) in [7, 11) is 0. The third kappa shape index (κ3) is 4.61. The highest BCUT2D eigenvalue weighted by molar-refractivity contribution is 8.00. The van der Waals surface area contributed by atoms with Crippen LogP contribution in [0.5, 0.6) is 0 Å². The predicted molar refractivity (Wildman–Crippen MR) is 63.7 cm³/mol. The van der Waals surface area contributed by atoms with Crippen LogP contribution in [0.2, 0.25) is 0 Å². The summed E-state index contributed by atoms with van der Waals surface area (Å²) in [4.78, 5) is 0. The van der Waals surface area contributed by atoms with Gasteiger partial charge in [0.15, 0.2) is 0 Å². The van der Waals surface area contributed by atoms with Crippen LogP contribution < -0.4 is 0 Å². The SMILES string of the molecule is CSCCCSC1CCCCC1O. The Bertz CT molecular complexity index is 130. The van der Waals surface area contributed by atoms with Gasteiger partial charge in [-0.05, 0) is 37.0 Å². The van der Waals surface area contributed by atoms with Crippen molar-refractivity contribution in [3.8, 4) is 0 Å². The molecule has 78 valence electrons. The first-order chi connectivity index (χ1) is 6.34. The third-order valence-corrected chi connectivity index (χ3v) is 4.69. The van der Waals surface area contributed by atoms with Crippen LogP contribution in [-0.4, -0.2) is 34.2 Å². The molecule has 0 amide bonds. The van der Waals surface area contributed by atoms with Crippen molar-refractivity contribution in [1.29, 1.82) is 0 Å². The van der Waals surface area contributed by atoms with Gasteiger partial charge in [-0.1, -0.05) is 12.8 Å². The van der Waals surface area contributed by atoms with Crippen molar-refractivity contribution in [2.24, 2.45) is 0 Å². The van der Waals surface area contributed by atoms with Gasteiger partial charge in [0.05, 0.1) is 6.10 Å². The van der Waals surface area contributed by atoms with Gasteiger partial charge in [0.1, 0.15) is 0 Å². The molecule has 3 heteroatoms. The zero-order valence-corrected chi connectivity index (χ0v) is 10.0. The van der Waals surface area contributed by atoms with E-state index >= 15 is 0 Å². The molecule has 0 aromatic carbocycles. The first-order valence-corrected chi connectivity index (χ1v) is 7.57. The van der Waals surface area contributed by atoms with Crippen LogP contribution in [0.1, 0.15) is 32.1 Å². The summed E-state index contributed by atoms with van der Waals surface area (Å²) in [6.07, 6.45) is 8.22. The molecule has 13 heavy (non-hydrogen) atoms. The van der Waals surface area contributed by atoms with Gasteiger partial charge >= 0.3 is 0 Å². The van der Waals surface area contributed by atoms with Crippen molar-refractivity contribution in [1.82, 2.24) is 0 Å². The zero-order chi connectivity index (χ0) is 9.52. The molecular weight excluding hydrogens is 200 g/mol. The Hall–Kier alpha value is 0.660. The topological polar surface area (TPSA) is 20.2 Å². The normalized spacial score (nSPS) is 29.1. The Balaban J connectivity index is 2.05. The molecule has 1 aliphatic carbocycles. The first kappa shape index (κ1) is 11.7. The zero-order valence-electron chi connectivity index (χ0n) is 8.37. The molecule has 2 atom stereocenters. The van der Waals surface area contributed by atoms with Crippen molar-refractivity contribution in [2.75, 3.05) is 17.8 Å². The smallest absolute Gasteiger partial charge is 0.0658 e. The minimum atomic E-state index is -0.0203. The lowest BCUT2D eigenvalue weighted by Crippen LogP contribution is -2.27. The van der Waals surface area contributed by atoms with E-state index < -0.39 is 0 Å². The Morgan fingerprint density at radius 2 is 2.00 bits per heavy atom. The number of aliphatic hydroxyl groups excluding tert-OH is 1. The second-order valence-corrected chi connectivity index (χ2v) is 5.94. The predicted octanol–water partition coefficient (Wildman–Crippen LogP) is 2.78. The molecule has 1 saturated carbocycles. The number of aliphatic hydroxyl groups is 1. The van der Waals surface area contributed by atoms with Gasteiger partial charge < -0.3 is 5.11 Å². The summed E-state index contributed by atoms with van der Waals surface area (Å²) >= 11 is 3.90. The molecule has 0 heterocycles. The van der Waals surface area contributed by atoms with E-state index in [-0.39, 0.29) is 6.10 Å². The van der Waals surface area contributed by atoms with Crippen LogP contribution in [0.15, 0.2) is 0 Å². The molecule has 0 bridgehead atoms. The molecule has 1 fully saturated rings. The van der Waals surface area contributed by atoms with Crippen molar-refractivity contribution < 1.29 is 5.11 Å². The Kier molecular flexibility index (Phi) is 6.33. The minimum absolute atomic E-state index is 0.0203. The molecule has 1 rings (SSSR count). The number of thioether (sulfide) groups is 2. The maximum Gasteiger partial charge on any atom is 0.0658 e. The van der Waals surface area contributed by atoms with Gasteiger partial charge in [-0.3, -0.25) is 0 Å². The van der Waals surface area contributed by atoms with Crippen molar-refractivity contribution in [2.45, 2.75) is 43.5 Å². The second-order valence-electron chi connectivity index (χ2n) is 3.61. The molecule has 0 aliphatic heterocycles. The average Bonchev–Trinajstić information content (AvgIpc) is 2.15. The van der Waals surface area contributed by atoms with Gasteiger partial charge in [0.25, 0.3) is 0 Å². The van der Waals surface area contributed by atoms with Crippen molar-refractivity contribution >= 4 is 23.5 Å². The van der Waals surface area contributed by atoms with Crippen LogP contribution in [0, 0.1) is 0 Å². The fraction of sp³-hybridized carbons (Fsp3) is 1.00. The van der Waals surface area contributed by atoms with Gasteiger partial charge in [0, 0.05) is 5.25 Å². The molecule has 0 aromatic rings. The lowest BCUT2D eigenvalue weighted by Gasteiger charge is -2.26. The van der Waals surface area contributed by atoms with E-state index in [1.165, 1.54) is 37.2 Å². The Morgan fingerprint density at radius 1 is 1.23 bits per heavy atom. The van der Waals surface area contributed by atoms with Crippen LogP contribution in [0.25, 0.3) is 0 Å². The fourth-order valence-electron chi connectivity index (χ4n) is 1.71. The van der Waals surface area contributed by atoms with Crippen molar-refractivity contribution in [3.63, 3.8) is 0 Å². The molecule has 0 saturated heterocycles. The molecule has 0 radical (unpaired) electrons. The summed E-state index contributed by atoms with van der Waals surface area (Å²) in [5.74, 6) is 2.48. The van der Waals surface area contributed by atoms with E-state index in [0.29, 0.717) is 5.25 Å². The van der Waals surface area contributed by atoms with Crippen LogP contribution in [-0.2, 0) is 0 Å². The second kappa shape index (κ2) is 7.02. The summed E-state index contributed by atoms with van der Waals surface area (Å²) in [6, 6.07) is 0. The molecule has 1 nitrogen and oxygen atoms in total. The number of hydrogen-bond acceptors (Lipinski definition) is 3. The van der Waals surface area contributed by atoms with Crippen molar-refractivity contribution in [3.05, 3.63) is 0 Å². The monoisotopic (exact) mass is 220 g/mol.